The van der Waals surface area contributed by atoms with Crippen LogP contribution in [0.3, 0.4) is 0 Å². The maximum Gasteiger partial charge on any atom is 0.221 e. The highest BCUT2D eigenvalue weighted by molar-refractivity contribution is 6.33. The SMILES string of the molecule is NCCC(=O)NC1CCCN(c2ccccc2Cl)C1. The number of piperidine rings is 1. The van der Waals surface area contributed by atoms with Crippen LogP contribution in [0.25, 0.3) is 0 Å². The summed E-state index contributed by atoms with van der Waals surface area (Å²) in [5, 5.41) is 3.80. The number of halogens is 1. The highest BCUT2D eigenvalue weighted by Crippen LogP contribution is 2.27. The summed E-state index contributed by atoms with van der Waals surface area (Å²) in [4.78, 5) is 13.8. The van der Waals surface area contributed by atoms with Crippen molar-refractivity contribution in [3.8, 4) is 0 Å². The number of nitrogens with two attached hydrogens (primary N) is 1. The van der Waals surface area contributed by atoms with E-state index in [1.807, 2.05) is 24.3 Å². The van der Waals surface area contributed by atoms with Crippen molar-refractivity contribution in [2.75, 3.05) is 24.5 Å². The first kappa shape index (κ1) is 14.2. The first-order chi connectivity index (χ1) is 9.20. The van der Waals surface area contributed by atoms with E-state index in [1.165, 1.54) is 0 Å². The third-order valence-electron chi connectivity index (χ3n) is 3.35. The van der Waals surface area contributed by atoms with Gasteiger partial charge in [0.05, 0.1) is 10.7 Å². The first-order valence-corrected chi connectivity index (χ1v) is 7.07. The molecular formula is C14H20ClN3O. The molecule has 0 spiro atoms. The van der Waals surface area contributed by atoms with Crippen LogP contribution in [-0.2, 0) is 4.79 Å². The summed E-state index contributed by atoms with van der Waals surface area (Å²) in [5.41, 5.74) is 6.43. The second-order valence-corrected chi connectivity index (χ2v) is 5.25. The van der Waals surface area contributed by atoms with Crippen LogP contribution in [0.4, 0.5) is 5.69 Å². The molecule has 3 N–H and O–H groups in total. The van der Waals surface area contributed by atoms with Crippen molar-refractivity contribution in [2.24, 2.45) is 5.73 Å². The number of para-hydroxylation sites is 1. The molecule has 1 aromatic rings. The second-order valence-electron chi connectivity index (χ2n) is 4.84. The van der Waals surface area contributed by atoms with Crippen LogP contribution in [0, 0.1) is 0 Å². The molecule has 2 rings (SSSR count). The van der Waals surface area contributed by atoms with Crippen molar-refractivity contribution in [1.29, 1.82) is 0 Å². The highest BCUT2D eigenvalue weighted by atomic mass is 35.5. The minimum atomic E-state index is 0.0357. The third-order valence-corrected chi connectivity index (χ3v) is 3.67. The van der Waals surface area contributed by atoms with Crippen molar-refractivity contribution in [2.45, 2.75) is 25.3 Å². The lowest BCUT2D eigenvalue weighted by Crippen LogP contribution is -2.48. The van der Waals surface area contributed by atoms with Gasteiger partial charge in [-0.2, -0.15) is 0 Å². The molecule has 1 fully saturated rings. The molecule has 1 aliphatic heterocycles. The van der Waals surface area contributed by atoms with Crippen molar-refractivity contribution in [3.05, 3.63) is 29.3 Å². The molecule has 1 saturated heterocycles. The van der Waals surface area contributed by atoms with Crippen molar-refractivity contribution < 1.29 is 4.79 Å². The van der Waals surface area contributed by atoms with E-state index in [2.05, 4.69) is 10.2 Å². The quantitative estimate of drug-likeness (QED) is 0.884. The molecule has 1 heterocycles. The molecule has 0 bridgehead atoms. The lowest BCUT2D eigenvalue weighted by atomic mass is 10.0. The summed E-state index contributed by atoms with van der Waals surface area (Å²) >= 11 is 6.22. The molecule has 5 heteroatoms. The van der Waals surface area contributed by atoms with E-state index >= 15 is 0 Å². The molecule has 19 heavy (non-hydrogen) atoms. The molecule has 104 valence electrons. The highest BCUT2D eigenvalue weighted by Gasteiger charge is 2.22. The molecule has 1 unspecified atom stereocenters. The zero-order valence-electron chi connectivity index (χ0n) is 10.9. The van der Waals surface area contributed by atoms with Gasteiger partial charge in [0.1, 0.15) is 0 Å². The van der Waals surface area contributed by atoms with E-state index in [-0.39, 0.29) is 11.9 Å². The van der Waals surface area contributed by atoms with E-state index in [0.29, 0.717) is 13.0 Å². The Labute approximate surface area is 118 Å². The van der Waals surface area contributed by atoms with Gasteiger partial charge in [-0.25, -0.2) is 0 Å². The summed E-state index contributed by atoms with van der Waals surface area (Å²) in [7, 11) is 0. The average molecular weight is 282 g/mol. The first-order valence-electron chi connectivity index (χ1n) is 6.69. The third kappa shape index (κ3) is 3.85. The van der Waals surface area contributed by atoms with Crippen LogP contribution in [-0.4, -0.2) is 31.6 Å². The van der Waals surface area contributed by atoms with Crippen molar-refractivity contribution in [3.63, 3.8) is 0 Å². The minimum absolute atomic E-state index is 0.0357. The van der Waals surface area contributed by atoms with E-state index in [1.54, 1.807) is 0 Å². The van der Waals surface area contributed by atoms with Crippen molar-refractivity contribution >= 4 is 23.2 Å². The summed E-state index contributed by atoms with van der Waals surface area (Å²) in [6.07, 6.45) is 2.46. The number of rotatable bonds is 4. The summed E-state index contributed by atoms with van der Waals surface area (Å²) in [6, 6.07) is 8.01. The molecule has 0 radical (unpaired) electrons. The van der Waals surface area contributed by atoms with Crippen LogP contribution in [0.1, 0.15) is 19.3 Å². The largest absolute Gasteiger partial charge is 0.368 e. The van der Waals surface area contributed by atoms with Gasteiger partial charge < -0.3 is 16.0 Å². The van der Waals surface area contributed by atoms with Gasteiger partial charge in [0, 0.05) is 32.1 Å². The predicted octanol–water partition coefficient (Wildman–Crippen LogP) is 1.77. The van der Waals surface area contributed by atoms with Gasteiger partial charge in [0.15, 0.2) is 0 Å². The fourth-order valence-corrected chi connectivity index (χ4v) is 2.71. The molecule has 1 amide bonds. The summed E-state index contributed by atoms with van der Waals surface area (Å²) in [6.45, 7) is 2.18. The van der Waals surface area contributed by atoms with E-state index in [9.17, 15) is 4.79 Å². The molecule has 1 aliphatic rings. The van der Waals surface area contributed by atoms with Gasteiger partial charge in [-0.1, -0.05) is 23.7 Å². The zero-order chi connectivity index (χ0) is 13.7. The Morgan fingerprint density at radius 2 is 2.26 bits per heavy atom. The number of nitrogens with zero attached hydrogens (tertiary/aromatic N) is 1. The molecule has 0 aliphatic carbocycles. The fourth-order valence-electron chi connectivity index (χ4n) is 2.45. The molecule has 1 atom stereocenters. The number of carbonyl (C=O) groups excluding carboxylic acids is 1. The van der Waals surface area contributed by atoms with Gasteiger partial charge in [-0.15, -0.1) is 0 Å². The Morgan fingerprint density at radius 1 is 1.47 bits per heavy atom. The maximum atomic E-state index is 11.6. The van der Waals surface area contributed by atoms with Crippen LogP contribution in [0.2, 0.25) is 5.02 Å². The van der Waals surface area contributed by atoms with E-state index < -0.39 is 0 Å². The van der Waals surface area contributed by atoms with Crippen LogP contribution in [0.15, 0.2) is 24.3 Å². The smallest absolute Gasteiger partial charge is 0.221 e. The van der Waals surface area contributed by atoms with E-state index in [0.717, 1.165) is 36.6 Å². The molecule has 1 aromatic carbocycles. The molecule has 0 aromatic heterocycles. The van der Waals surface area contributed by atoms with Crippen LogP contribution in [0.5, 0.6) is 0 Å². The Hall–Kier alpha value is -1.26. The predicted molar refractivity (Wildman–Crippen MR) is 78.5 cm³/mol. The summed E-state index contributed by atoms with van der Waals surface area (Å²) < 4.78 is 0. The lowest BCUT2D eigenvalue weighted by Gasteiger charge is -2.35. The number of hydrogen-bond acceptors (Lipinski definition) is 3. The van der Waals surface area contributed by atoms with Gasteiger partial charge in [0.25, 0.3) is 0 Å². The number of benzene rings is 1. The van der Waals surface area contributed by atoms with Crippen molar-refractivity contribution in [1.82, 2.24) is 5.32 Å². The standard InChI is InChI=1S/C14H20ClN3O/c15-12-5-1-2-6-13(12)18-9-3-4-11(10-18)17-14(19)7-8-16/h1-2,5-6,11H,3-4,7-10,16H2,(H,17,19). The van der Waals surface area contributed by atoms with Gasteiger partial charge in [-0.3, -0.25) is 4.79 Å². The lowest BCUT2D eigenvalue weighted by molar-refractivity contribution is -0.121. The number of anilines is 1. The average Bonchev–Trinajstić information content (AvgIpc) is 2.40. The van der Waals surface area contributed by atoms with Gasteiger partial charge in [0.2, 0.25) is 5.91 Å². The number of amides is 1. The molecule has 0 saturated carbocycles. The minimum Gasteiger partial charge on any atom is -0.368 e. The zero-order valence-corrected chi connectivity index (χ0v) is 11.7. The van der Waals surface area contributed by atoms with Gasteiger partial charge >= 0.3 is 0 Å². The number of carbonyl (C=O) groups is 1. The molecule has 4 nitrogen and oxygen atoms in total. The van der Waals surface area contributed by atoms with Gasteiger partial charge in [-0.05, 0) is 25.0 Å². The normalized spacial score (nSPS) is 19.3. The molecular weight excluding hydrogens is 262 g/mol. The monoisotopic (exact) mass is 281 g/mol. The number of hydrogen-bond donors (Lipinski definition) is 2. The Balaban J connectivity index is 1.97. The topological polar surface area (TPSA) is 58.4 Å². The van der Waals surface area contributed by atoms with E-state index in [4.69, 9.17) is 17.3 Å². The maximum absolute atomic E-state index is 11.6. The number of nitrogens with one attached hydrogen (secondary N) is 1. The fraction of sp³-hybridized carbons (Fsp3) is 0.500. The summed E-state index contributed by atoms with van der Waals surface area (Å²) in [5.74, 6) is 0.0357. The second kappa shape index (κ2) is 6.78. The van der Waals surface area contributed by atoms with Crippen LogP contribution >= 0.6 is 11.6 Å². The van der Waals surface area contributed by atoms with Crippen LogP contribution < -0.4 is 16.0 Å². The Morgan fingerprint density at radius 3 is 3.00 bits per heavy atom. The Bertz CT molecular complexity index is 438. The Kier molecular flexibility index (Phi) is 5.05.